The van der Waals surface area contributed by atoms with Crippen molar-refractivity contribution in [2.45, 2.75) is 6.92 Å². The molecule has 0 aromatic heterocycles. The molecular weight excluding hydrogens is 136 g/mol. The molecule has 0 aliphatic heterocycles. The van der Waals surface area contributed by atoms with E-state index in [1.807, 2.05) is 0 Å². The Kier molecular flexibility index (Phi) is 4.68. The highest BCUT2D eigenvalue weighted by atomic mass is 16.5. The third-order valence-electron chi connectivity index (χ3n) is 1.06. The number of allylic oxidation sites excluding steroid dienone is 3. The van der Waals surface area contributed by atoms with Gasteiger partial charge in [0.2, 0.25) is 0 Å². The molecule has 0 aromatic carbocycles. The van der Waals surface area contributed by atoms with Crippen molar-refractivity contribution < 1.29 is 4.74 Å². The normalized spacial score (nSPS) is 9.45. The molecule has 0 heterocycles. The lowest BCUT2D eigenvalue weighted by Gasteiger charge is -2.01. The van der Waals surface area contributed by atoms with Gasteiger partial charge in [0.15, 0.2) is 0 Å². The van der Waals surface area contributed by atoms with Crippen LogP contribution in [0.3, 0.4) is 0 Å². The van der Waals surface area contributed by atoms with Crippen LogP contribution in [0.25, 0.3) is 0 Å². The van der Waals surface area contributed by atoms with E-state index >= 15 is 0 Å². The van der Waals surface area contributed by atoms with Crippen molar-refractivity contribution in [3.63, 3.8) is 0 Å². The Bertz CT molecular complexity index is 235. The summed E-state index contributed by atoms with van der Waals surface area (Å²) in [6.07, 6.45) is 3.37. The van der Waals surface area contributed by atoms with Crippen molar-refractivity contribution in [2.75, 3.05) is 7.11 Å². The quantitative estimate of drug-likeness (QED) is 0.339. The Morgan fingerprint density at radius 2 is 2.18 bits per heavy atom. The van der Waals surface area contributed by atoms with Crippen LogP contribution < -0.4 is 0 Å². The monoisotopic (exact) mass is 148 g/mol. The predicted molar refractivity (Wildman–Crippen MR) is 47.9 cm³/mol. The van der Waals surface area contributed by atoms with Gasteiger partial charge in [-0.15, -0.1) is 5.92 Å². The highest BCUT2D eigenvalue weighted by Gasteiger charge is 1.95. The average Bonchev–Trinajstić information content (AvgIpc) is 2.00. The van der Waals surface area contributed by atoms with Crippen molar-refractivity contribution in [1.29, 1.82) is 0 Å². The minimum atomic E-state index is 0.661. The minimum Gasteiger partial charge on any atom is -0.495 e. The fourth-order valence-corrected chi connectivity index (χ4v) is 0.611. The van der Waals surface area contributed by atoms with E-state index < -0.39 is 0 Å². The average molecular weight is 148 g/mol. The minimum absolute atomic E-state index is 0.661. The molecule has 1 heteroatoms. The zero-order valence-electron chi connectivity index (χ0n) is 6.98. The van der Waals surface area contributed by atoms with Gasteiger partial charge in [-0.2, -0.15) is 0 Å². The maximum absolute atomic E-state index is 4.99. The number of hydrogen-bond donors (Lipinski definition) is 0. The highest BCUT2D eigenvalue weighted by Crippen LogP contribution is 2.06. The van der Waals surface area contributed by atoms with Gasteiger partial charge in [-0.3, -0.25) is 0 Å². The molecule has 0 spiro atoms. The number of hydrogen-bond acceptors (Lipinski definition) is 1. The van der Waals surface area contributed by atoms with Gasteiger partial charge in [-0.05, 0) is 13.0 Å². The molecule has 58 valence electrons. The summed E-state index contributed by atoms with van der Waals surface area (Å²) in [4.78, 5) is 0. The fraction of sp³-hybridized carbons (Fsp3) is 0.200. The molecule has 1 nitrogen and oxygen atoms in total. The van der Waals surface area contributed by atoms with Crippen LogP contribution in [-0.2, 0) is 4.74 Å². The summed E-state index contributed by atoms with van der Waals surface area (Å²) in [5.41, 5.74) is 0.676. The second-order valence-corrected chi connectivity index (χ2v) is 1.82. The molecule has 0 fully saturated rings. The summed E-state index contributed by atoms with van der Waals surface area (Å²) < 4.78 is 4.99. The van der Waals surface area contributed by atoms with Crippen LogP contribution >= 0.6 is 0 Å². The first-order valence-corrected chi connectivity index (χ1v) is 3.25. The van der Waals surface area contributed by atoms with E-state index in [0.717, 1.165) is 0 Å². The van der Waals surface area contributed by atoms with Crippen LogP contribution in [0.5, 0.6) is 0 Å². The summed E-state index contributed by atoms with van der Waals surface area (Å²) in [7, 11) is 1.58. The summed E-state index contributed by atoms with van der Waals surface area (Å²) in [5.74, 6) is 6.19. The molecular formula is C10H12O. The molecule has 0 N–H and O–H groups in total. The molecule has 0 atom stereocenters. The summed E-state index contributed by atoms with van der Waals surface area (Å²) in [6, 6.07) is 0. The van der Waals surface area contributed by atoms with Gasteiger partial charge in [0, 0.05) is 0 Å². The Labute approximate surface area is 68.1 Å². The Hall–Kier alpha value is -1.42. The molecule has 0 saturated carbocycles. The second kappa shape index (κ2) is 5.37. The molecule has 0 saturated heterocycles. The third kappa shape index (κ3) is 3.32. The molecule has 11 heavy (non-hydrogen) atoms. The molecule has 0 radical (unpaired) electrons. The van der Waals surface area contributed by atoms with Crippen LogP contribution in [0.4, 0.5) is 0 Å². The topological polar surface area (TPSA) is 9.23 Å². The van der Waals surface area contributed by atoms with Crippen molar-refractivity contribution in [1.82, 2.24) is 0 Å². The van der Waals surface area contributed by atoms with Gasteiger partial charge in [-0.1, -0.05) is 25.2 Å². The van der Waals surface area contributed by atoms with Crippen LogP contribution in [0.15, 0.2) is 36.6 Å². The maximum atomic E-state index is 4.99. The zero-order valence-corrected chi connectivity index (χ0v) is 6.98. The first-order chi connectivity index (χ1) is 5.26. The number of rotatable bonds is 3. The predicted octanol–water partition coefficient (Wildman–Crippen LogP) is 2.28. The summed E-state index contributed by atoms with van der Waals surface area (Å²) in [6.45, 7) is 9.02. The molecule has 0 unspecified atom stereocenters. The lowest BCUT2D eigenvalue weighted by molar-refractivity contribution is 0.303. The van der Waals surface area contributed by atoms with Crippen LogP contribution in [0.2, 0.25) is 0 Å². The van der Waals surface area contributed by atoms with Crippen LogP contribution in [-0.4, -0.2) is 7.11 Å². The van der Waals surface area contributed by atoms with E-state index in [1.165, 1.54) is 0 Å². The highest BCUT2D eigenvalue weighted by molar-refractivity contribution is 5.40. The maximum Gasteiger partial charge on any atom is 0.133 e. The standard InChI is InChI=1S/C10H12O/c1-5-7-9(3)10(11-4)8-6-2/h6,8H,2-3H2,1,4H3/b10-8+. The lowest BCUT2D eigenvalue weighted by atomic mass is 10.2. The van der Waals surface area contributed by atoms with E-state index in [9.17, 15) is 0 Å². The van der Waals surface area contributed by atoms with Gasteiger partial charge in [0.1, 0.15) is 5.76 Å². The number of ether oxygens (including phenoxy) is 1. The van der Waals surface area contributed by atoms with Crippen molar-refractivity contribution in [2.24, 2.45) is 0 Å². The summed E-state index contributed by atoms with van der Waals surface area (Å²) in [5, 5.41) is 0. The smallest absolute Gasteiger partial charge is 0.133 e. The molecule has 0 aliphatic carbocycles. The van der Waals surface area contributed by atoms with Gasteiger partial charge in [0.05, 0.1) is 12.7 Å². The van der Waals surface area contributed by atoms with Gasteiger partial charge >= 0.3 is 0 Å². The van der Waals surface area contributed by atoms with Gasteiger partial charge in [-0.25, -0.2) is 0 Å². The Morgan fingerprint density at radius 3 is 2.55 bits per heavy atom. The van der Waals surface area contributed by atoms with Crippen molar-refractivity contribution >= 4 is 0 Å². The first kappa shape index (κ1) is 9.58. The SMILES string of the molecule is C=C/C=C(/OC)C(=C)C#CC. The van der Waals surface area contributed by atoms with E-state index in [-0.39, 0.29) is 0 Å². The second-order valence-electron chi connectivity index (χ2n) is 1.82. The summed E-state index contributed by atoms with van der Waals surface area (Å²) >= 11 is 0. The number of methoxy groups -OCH3 is 1. The molecule has 0 rings (SSSR count). The van der Waals surface area contributed by atoms with Crippen LogP contribution in [0, 0.1) is 11.8 Å². The Balaban J connectivity index is 4.47. The molecule has 0 bridgehead atoms. The van der Waals surface area contributed by atoms with E-state index in [2.05, 4.69) is 25.0 Å². The first-order valence-electron chi connectivity index (χ1n) is 3.25. The van der Waals surface area contributed by atoms with Gasteiger partial charge in [0.25, 0.3) is 0 Å². The van der Waals surface area contributed by atoms with Crippen molar-refractivity contribution in [3.8, 4) is 11.8 Å². The Morgan fingerprint density at radius 1 is 1.55 bits per heavy atom. The van der Waals surface area contributed by atoms with Gasteiger partial charge < -0.3 is 4.74 Å². The van der Waals surface area contributed by atoms with E-state index in [4.69, 9.17) is 4.74 Å². The third-order valence-corrected chi connectivity index (χ3v) is 1.06. The zero-order chi connectivity index (χ0) is 8.69. The van der Waals surface area contributed by atoms with Crippen molar-refractivity contribution in [3.05, 3.63) is 36.6 Å². The van der Waals surface area contributed by atoms with E-state index in [0.29, 0.717) is 11.3 Å². The molecule has 0 aliphatic rings. The van der Waals surface area contributed by atoms with E-state index in [1.54, 1.807) is 26.2 Å². The molecule has 0 aromatic rings. The van der Waals surface area contributed by atoms with Crippen LogP contribution in [0.1, 0.15) is 6.92 Å². The molecule has 0 amide bonds. The lowest BCUT2D eigenvalue weighted by Crippen LogP contribution is -1.87. The fourth-order valence-electron chi connectivity index (χ4n) is 0.611. The largest absolute Gasteiger partial charge is 0.495 e.